The Balaban J connectivity index is 1.51. The molecule has 0 aromatic heterocycles. The minimum absolute atomic E-state index is 0.192. The molecule has 0 N–H and O–H groups in total. The third-order valence-corrected chi connectivity index (χ3v) is 7.10. The molecule has 0 bridgehead atoms. The summed E-state index contributed by atoms with van der Waals surface area (Å²) in [6.45, 7) is 11.7. The topological polar surface area (TPSA) is 38.8 Å². The first kappa shape index (κ1) is 23.4. The molecule has 1 amide bonds. The van der Waals surface area contributed by atoms with Crippen LogP contribution in [0.15, 0.2) is 30.3 Å². The van der Waals surface area contributed by atoms with E-state index in [1.165, 1.54) is 39.0 Å². The molecule has 0 spiro atoms. The van der Waals surface area contributed by atoms with E-state index in [0.717, 1.165) is 44.5 Å². The van der Waals surface area contributed by atoms with E-state index in [0.29, 0.717) is 5.92 Å². The van der Waals surface area contributed by atoms with Gasteiger partial charge in [0.05, 0.1) is 7.11 Å². The van der Waals surface area contributed by atoms with Gasteiger partial charge >= 0.3 is 6.09 Å². The maximum Gasteiger partial charge on any atom is 0.410 e. The van der Waals surface area contributed by atoms with Gasteiger partial charge in [0, 0.05) is 18.7 Å². The zero-order chi connectivity index (χ0) is 23.8. The van der Waals surface area contributed by atoms with Gasteiger partial charge in [-0.25, -0.2) is 4.79 Å². The number of hydrogen-bond donors (Lipinski definition) is 0. The molecule has 0 saturated carbocycles. The summed E-state index contributed by atoms with van der Waals surface area (Å²) in [5, 5.41) is 0. The number of piperidine rings is 1. The number of rotatable bonds is 3. The first-order valence-corrected chi connectivity index (χ1v) is 12.1. The molecule has 0 radical (unpaired) electrons. The van der Waals surface area contributed by atoms with Gasteiger partial charge in [-0.05, 0) is 106 Å². The summed E-state index contributed by atoms with van der Waals surface area (Å²) in [4.78, 5) is 14.3. The molecule has 1 heterocycles. The molecule has 1 aliphatic carbocycles. The van der Waals surface area contributed by atoms with E-state index in [-0.39, 0.29) is 6.09 Å². The molecule has 4 rings (SSSR count). The van der Waals surface area contributed by atoms with Gasteiger partial charge in [0.2, 0.25) is 0 Å². The van der Waals surface area contributed by atoms with Gasteiger partial charge in [-0.2, -0.15) is 0 Å². The third kappa shape index (κ3) is 4.95. The highest BCUT2D eigenvalue weighted by atomic mass is 16.6. The third-order valence-electron chi connectivity index (χ3n) is 7.10. The quantitative estimate of drug-likeness (QED) is 0.513. The summed E-state index contributed by atoms with van der Waals surface area (Å²) in [5.74, 6) is 1.45. The van der Waals surface area contributed by atoms with Gasteiger partial charge in [-0.15, -0.1) is 0 Å². The summed E-state index contributed by atoms with van der Waals surface area (Å²) < 4.78 is 11.2. The number of carbonyl (C=O) groups excluding carboxylic acids is 1. The van der Waals surface area contributed by atoms with E-state index in [1.807, 2.05) is 25.7 Å². The number of hydrogen-bond acceptors (Lipinski definition) is 3. The smallest absolute Gasteiger partial charge is 0.410 e. The zero-order valence-corrected chi connectivity index (χ0v) is 21.0. The molecule has 2 aromatic carbocycles. The highest BCUT2D eigenvalue weighted by Gasteiger charge is 2.28. The monoisotopic (exact) mass is 447 g/mol. The molecular weight excluding hydrogens is 410 g/mol. The van der Waals surface area contributed by atoms with Crippen molar-refractivity contribution < 1.29 is 14.3 Å². The Kier molecular flexibility index (Phi) is 6.56. The summed E-state index contributed by atoms with van der Waals surface area (Å²) in [6, 6.07) is 10.9. The van der Waals surface area contributed by atoms with Crippen molar-refractivity contribution in [1.29, 1.82) is 0 Å². The van der Waals surface area contributed by atoms with Crippen molar-refractivity contribution >= 4 is 17.7 Å². The molecule has 1 saturated heterocycles. The number of methoxy groups -OCH3 is 1. The molecule has 2 aliphatic rings. The molecular formula is C29H37NO3. The number of aryl methyl sites for hydroxylation is 1. The number of allylic oxidation sites excluding steroid dienone is 1. The van der Waals surface area contributed by atoms with Gasteiger partial charge in [-0.3, -0.25) is 0 Å². The summed E-state index contributed by atoms with van der Waals surface area (Å²) in [5.41, 5.74) is 8.99. The van der Waals surface area contributed by atoms with Crippen LogP contribution >= 0.6 is 0 Å². The largest absolute Gasteiger partial charge is 0.496 e. The predicted molar refractivity (Wildman–Crippen MR) is 135 cm³/mol. The minimum atomic E-state index is -0.449. The Morgan fingerprint density at radius 3 is 2.42 bits per heavy atom. The van der Waals surface area contributed by atoms with Gasteiger partial charge in [-0.1, -0.05) is 30.3 Å². The molecule has 1 fully saturated rings. The highest BCUT2D eigenvalue weighted by Crippen LogP contribution is 2.41. The van der Waals surface area contributed by atoms with Gasteiger partial charge in [0.25, 0.3) is 0 Å². The normalized spacial score (nSPS) is 17.9. The maximum atomic E-state index is 12.4. The Labute approximate surface area is 198 Å². The van der Waals surface area contributed by atoms with Crippen molar-refractivity contribution in [2.45, 2.75) is 71.8 Å². The van der Waals surface area contributed by atoms with E-state index in [9.17, 15) is 4.79 Å². The predicted octanol–water partition coefficient (Wildman–Crippen LogP) is 6.91. The van der Waals surface area contributed by atoms with Crippen molar-refractivity contribution in [2.75, 3.05) is 20.2 Å². The highest BCUT2D eigenvalue weighted by molar-refractivity contribution is 5.88. The van der Waals surface area contributed by atoms with Crippen LogP contribution in [0.25, 0.3) is 11.6 Å². The lowest BCUT2D eigenvalue weighted by Gasteiger charge is -2.34. The molecule has 4 heteroatoms. The fourth-order valence-corrected chi connectivity index (χ4v) is 5.21. The Morgan fingerprint density at radius 1 is 1.03 bits per heavy atom. The number of carbonyl (C=O) groups is 1. The van der Waals surface area contributed by atoms with Crippen molar-refractivity contribution in [1.82, 2.24) is 4.90 Å². The lowest BCUT2D eigenvalue weighted by molar-refractivity contribution is 0.0204. The van der Waals surface area contributed by atoms with E-state index >= 15 is 0 Å². The fraction of sp³-hybridized carbons (Fsp3) is 0.483. The van der Waals surface area contributed by atoms with Crippen LogP contribution in [0, 0.1) is 13.8 Å². The molecule has 0 unspecified atom stereocenters. The Hall–Kier alpha value is -2.75. The van der Waals surface area contributed by atoms with Crippen molar-refractivity contribution in [3.8, 4) is 5.75 Å². The van der Waals surface area contributed by atoms with Crippen LogP contribution in [-0.4, -0.2) is 36.8 Å². The van der Waals surface area contributed by atoms with Crippen LogP contribution in [0.3, 0.4) is 0 Å². The number of fused-ring (bicyclic) bond motifs is 1. The van der Waals surface area contributed by atoms with Crippen molar-refractivity contribution in [3.63, 3.8) is 0 Å². The van der Waals surface area contributed by atoms with E-state index in [2.05, 4.69) is 50.3 Å². The second kappa shape index (κ2) is 9.24. The second-order valence-corrected chi connectivity index (χ2v) is 10.4. The van der Waals surface area contributed by atoms with Gasteiger partial charge in [0.15, 0.2) is 0 Å². The summed E-state index contributed by atoms with van der Waals surface area (Å²) in [7, 11) is 1.75. The molecule has 33 heavy (non-hydrogen) atoms. The fourth-order valence-electron chi connectivity index (χ4n) is 5.21. The van der Waals surface area contributed by atoms with E-state index < -0.39 is 5.60 Å². The van der Waals surface area contributed by atoms with Crippen LogP contribution in [0.4, 0.5) is 4.79 Å². The second-order valence-electron chi connectivity index (χ2n) is 10.4. The lowest BCUT2D eigenvalue weighted by Crippen LogP contribution is -2.41. The van der Waals surface area contributed by atoms with E-state index in [1.54, 1.807) is 7.11 Å². The van der Waals surface area contributed by atoms with Gasteiger partial charge in [0.1, 0.15) is 11.4 Å². The number of nitrogens with zero attached hydrogens (tertiary/aromatic N) is 1. The average molecular weight is 448 g/mol. The Morgan fingerprint density at radius 2 is 1.76 bits per heavy atom. The molecule has 2 aromatic rings. The van der Waals surface area contributed by atoms with Gasteiger partial charge < -0.3 is 14.4 Å². The lowest BCUT2D eigenvalue weighted by atomic mass is 9.84. The zero-order valence-electron chi connectivity index (χ0n) is 21.0. The van der Waals surface area contributed by atoms with Crippen molar-refractivity contribution in [3.05, 3.63) is 63.7 Å². The first-order valence-electron chi connectivity index (χ1n) is 12.1. The molecule has 176 valence electrons. The summed E-state index contributed by atoms with van der Waals surface area (Å²) in [6.07, 6.45) is 6.24. The summed E-state index contributed by atoms with van der Waals surface area (Å²) >= 11 is 0. The molecule has 1 aliphatic heterocycles. The average Bonchev–Trinajstić information content (AvgIpc) is 3.19. The standard InChI is InChI=1S/C29H37NO3/c1-19-20(2)25(21-14-16-30(17-15-21)28(31)33-29(3,4)5)13-12-23(19)18-24-11-10-22-8-7-9-26(32-6)27(22)24/h7-9,12-13,18,21H,10-11,14-17H2,1-6H3/b24-18+. The van der Waals surface area contributed by atoms with Crippen LogP contribution in [-0.2, 0) is 11.2 Å². The SMILES string of the molecule is COc1cccc2c1/C(=C/c1ccc(C3CCN(C(=O)OC(C)(C)C)CC3)c(C)c1C)CC2. The number of benzene rings is 2. The Bertz CT molecular complexity index is 1070. The van der Waals surface area contributed by atoms with Crippen LogP contribution in [0.2, 0.25) is 0 Å². The first-order chi connectivity index (χ1) is 15.7. The van der Waals surface area contributed by atoms with E-state index in [4.69, 9.17) is 9.47 Å². The number of amides is 1. The molecule has 4 nitrogen and oxygen atoms in total. The van der Waals surface area contributed by atoms with Crippen LogP contribution < -0.4 is 4.74 Å². The number of likely N-dealkylation sites (tertiary alicyclic amines) is 1. The van der Waals surface area contributed by atoms with Crippen molar-refractivity contribution in [2.24, 2.45) is 0 Å². The minimum Gasteiger partial charge on any atom is -0.496 e. The van der Waals surface area contributed by atoms with Crippen LogP contribution in [0.1, 0.15) is 79.3 Å². The van der Waals surface area contributed by atoms with Crippen LogP contribution in [0.5, 0.6) is 5.75 Å². The molecule has 0 atom stereocenters. The maximum absolute atomic E-state index is 12.4. The number of ether oxygens (including phenoxy) is 2.